The number of aliphatic imine (C=N–C) groups is 1. The number of benzene rings is 3. The van der Waals surface area contributed by atoms with Crippen LogP contribution < -0.4 is 0 Å². The van der Waals surface area contributed by atoms with Gasteiger partial charge in [-0.05, 0) is 34.4 Å². The van der Waals surface area contributed by atoms with Crippen LogP contribution in [0.3, 0.4) is 0 Å². The highest BCUT2D eigenvalue weighted by atomic mass is 32.2. The van der Waals surface area contributed by atoms with Crippen LogP contribution in [-0.4, -0.2) is 14.0 Å². The number of sulfone groups is 1. The Bertz CT molecular complexity index is 972. The third kappa shape index (κ3) is 1.43. The van der Waals surface area contributed by atoms with E-state index in [1.165, 1.54) is 0 Å². The SMILES string of the molecule is O=S1(=O)C=Nc2c1ccc1cc3ccccc3cc21. The predicted octanol–water partition coefficient (Wildman–Crippen LogP) is 3.44. The van der Waals surface area contributed by atoms with Gasteiger partial charge in [-0.25, -0.2) is 13.4 Å². The van der Waals surface area contributed by atoms with Crippen molar-refractivity contribution in [1.82, 2.24) is 0 Å². The summed E-state index contributed by atoms with van der Waals surface area (Å²) in [6.07, 6.45) is 0. The molecule has 0 aromatic heterocycles. The lowest BCUT2D eigenvalue weighted by atomic mass is 10.0. The van der Waals surface area contributed by atoms with Gasteiger partial charge in [-0.3, -0.25) is 0 Å². The summed E-state index contributed by atoms with van der Waals surface area (Å²) in [5.74, 6) is 0. The quantitative estimate of drug-likeness (QED) is 0.586. The number of fused-ring (bicyclic) bond motifs is 4. The van der Waals surface area contributed by atoms with E-state index in [9.17, 15) is 8.42 Å². The van der Waals surface area contributed by atoms with Crippen molar-refractivity contribution >= 4 is 42.6 Å². The lowest BCUT2D eigenvalue weighted by molar-refractivity contribution is 0.609. The minimum Gasteiger partial charge on any atom is -0.242 e. The molecule has 0 radical (unpaired) electrons. The van der Waals surface area contributed by atoms with Gasteiger partial charge in [0.15, 0.2) is 0 Å². The summed E-state index contributed by atoms with van der Waals surface area (Å²) in [5.41, 5.74) is 1.59. The molecule has 1 heterocycles. The first-order chi connectivity index (χ1) is 9.15. The zero-order valence-corrected chi connectivity index (χ0v) is 10.7. The van der Waals surface area contributed by atoms with E-state index in [0.29, 0.717) is 10.6 Å². The average molecular weight is 267 g/mol. The molecule has 19 heavy (non-hydrogen) atoms. The molecule has 4 rings (SSSR count). The maximum Gasteiger partial charge on any atom is 0.219 e. The van der Waals surface area contributed by atoms with E-state index in [1.54, 1.807) is 6.07 Å². The van der Waals surface area contributed by atoms with Gasteiger partial charge >= 0.3 is 0 Å². The van der Waals surface area contributed by atoms with Gasteiger partial charge in [0.1, 0.15) is 5.55 Å². The summed E-state index contributed by atoms with van der Waals surface area (Å²) in [6, 6.07) is 15.6. The van der Waals surface area contributed by atoms with Crippen LogP contribution in [0.1, 0.15) is 0 Å². The van der Waals surface area contributed by atoms with Gasteiger partial charge in [0, 0.05) is 5.39 Å². The Balaban J connectivity index is 2.21. The highest BCUT2D eigenvalue weighted by Crippen LogP contribution is 2.38. The molecule has 0 saturated carbocycles. The molecular weight excluding hydrogens is 258 g/mol. The zero-order valence-electron chi connectivity index (χ0n) is 9.87. The number of nitrogens with zero attached hydrogens (tertiary/aromatic N) is 1. The molecule has 4 heteroatoms. The monoisotopic (exact) mass is 267 g/mol. The fourth-order valence-electron chi connectivity index (χ4n) is 2.52. The van der Waals surface area contributed by atoms with Crippen molar-refractivity contribution in [2.45, 2.75) is 4.90 Å². The van der Waals surface area contributed by atoms with Crippen LogP contribution in [0.5, 0.6) is 0 Å². The molecule has 0 unspecified atom stereocenters. The van der Waals surface area contributed by atoms with Crippen molar-refractivity contribution in [2.24, 2.45) is 4.99 Å². The average Bonchev–Trinajstić information content (AvgIpc) is 2.72. The van der Waals surface area contributed by atoms with Crippen LogP contribution in [0.15, 0.2) is 58.4 Å². The van der Waals surface area contributed by atoms with E-state index in [-0.39, 0.29) is 0 Å². The van der Waals surface area contributed by atoms with Crippen molar-refractivity contribution < 1.29 is 8.42 Å². The first kappa shape index (κ1) is 10.7. The number of hydrogen-bond donors (Lipinski definition) is 0. The first-order valence-corrected chi connectivity index (χ1v) is 7.44. The number of rotatable bonds is 0. The minimum atomic E-state index is -3.34. The second-order valence-electron chi connectivity index (χ2n) is 4.61. The minimum absolute atomic E-state index is 0.301. The topological polar surface area (TPSA) is 46.5 Å². The summed E-state index contributed by atoms with van der Waals surface area (Å²) in [7, 11) is -3.34. The molecule has 3 aromatic rings. The summed E-state index contributed by atoms with van der Waals surface area (Å²) in [6.45, 7) is 0. The van der Waals surface area contributed by atoms with Crippen LogP contribution in [0.2, 0.25) is 0 Å². The van der Waals surface area contributed by atoms with E-state index in [0.717, 1.165) is 27.1 Å². The Morgan fingerprint density at radius 3 is 2.37 bits per heavy atom. The van der Waals surface area contributed by atoms with Crippen molar-refractivity contribution in [2.75, 3.05) is 0 Å². The highest BCUT2D eigenvalue weighted by molar-refractivity contribution is 8.05. The highest BCUT2D eigenvalue weighted by Gasteiger charge is 2.23. The Hall–Kier alpha value is -2.20. The van der Waals surface area contributed by atoms with Gasteiger partial charge in [-0.1, -0.05) is 30.3 Å². The third-order valence-corrected chi connectivity index (χ3v) is 4.77. The van der Waals surface area contributed by atoms with Crippen molar-refractivity contribution in [3.05, 3.63) is 48.5 Å². The van der Waals surface area contributed by atoms with Crippen molar-refractivity contribution in [1.29, 1.82) is 0 Å². The van der Waals surface area contributed by atoms with Crippen LogP contribution in [0.4, 0.5) is 5.69 Å². The molecular formula is C15H9NO2S. The van der Waals surface area contributed by atoms with Crippen LogP contribution >= 0.6 is 0 Å². The molecule has 1 aliphatic heterocycles. The Kier molecular flexibility index (Phi) is 1.93. The molecule has 0 aliphatic carbocycles. The van der Waals surface area contributed by atoms with E-state index < -0.39 is 9.84 Å². The summed E-state index contributed by atoms with van der Waals surface area (Å²) in [4.78, 5) is 4.38. The summed E-state index contributed by atoms with van der Waals surface area (Å²) >= 11 is 0. The maximum absolute atomic E-state index is 11.8. The summed E-state index contributed by atoms with van der Waals surface area (Å²) in [5, 5.41) is 4.11. The Morgan fingerprint density at radius 1 is 0.842 bits per heavy atom. The molecule has 0 atom stereocenters. The molecule has 0 fully saturated rings. The van der Waals surface area contributed by atoms with Crippen LogP contribution in [0, 0.1) is 0 Å². The molecule has 0 N–H and O–H groups in total. The maximum atomic E-state index is 11.8. The largest absolute Gasteiger partial charge is 0.242 e. The van der Waals surface area contributed by atoms with Crippen molar-refractivity contribution in [3.8, 4) is 0 Å². The fourth-order valence-corrected chi connectivity index (χ4v) is 3.57. The molecule has 0 saturated heterocycles. The van der Waals surface area contributed by atoms with Gasteiger partial charge in [0.2, 0.25) is 9.84 Å². The molecule has 1 aliphatic rings. The standard InChI is InChI=1S/C15H9NO2S/c17-19(18)9-16-15-13-8-11-4-2-1-3-10(11)7-12(13)5-6-14(15)19/h1-9H. The van der Waals surface area contributed by atoms with E-state index >= 15 is 0 Å². The lowest BCUT2D eigenvalue weighted by Crippen LogP contribution is -1.95. The molecule has 3 nitrogen and oxygen atoms in total. The fraction of sp³-hybridized carbons (Fsp3) is 0. The van der Waals surface area contributed by atoms with Crippen LogP contribution in [0.25, 0.3) is 21.5 Å². The third-order valence-electron chi connectivity index (χ3n) is 3.45. The van der Waals surface area contributed by atoms with Gasteiger partial charge in [-0.2, -0.15) is 0 Å². The second kappa shape index (κ2) is 3.42. The summed E-state index contributed by atoms with van der Waals surface area (Å²) < 4.78 is 23.6. The van der Waals surface area contributed by atoms with Gasteiger partial charge < -0.3 is 0 Å². The van der Waals surface area contributed by atoms with Crippen molar-refractivity contribution in [3.63, 3.8) is 0 Å². The van der Waals surface area contributed by atoms with Gasteiger partial charge in [-0.15, -0.1) is 0 Å². The predicted molar refractivity (Wildman–Crippen MR) is 76.8 cm³/mol. The van der Waals surface area contributed by atoms with Crippen LogP contribution in [-0.2, 0) is 9.84 Å². The zero-order chi connectivity index (χ0) is 13.0. The van der Waals surface area contributed by atoms with Gasteiger partial charge in [0.25, 0.3) is 0 Å². The lowest BCUT2D eigenvalue weighted by Gasteiger charge is -2.05. The molecule has 0 bridgehead atoms. The first-order valence-electron chi connectivity index (χ1n) is 5.90. The van der Waals surface area contributed by atoms with E-state index in [1.807, 2.05) is 36.4 Å². The Labute approximate surface area is 110 Å². The molecule has 0 spiro atoms. The normalized spacial score (nSPS) is 16.0. The number of hydrogen-bond acceptors (Lipinski definition) is 3. The van der Waals surface area contributed by atoms with Gasteiger partial charge in [0.05, 0.1) is 10.6 Å². The molecule has 0 amide bonds. The van der Waals surface area contributed by atoms with E-state index in [4.69, 9.17) is 0 Å². The smallest absolute Gasteiger partial charge is 0.219 e. The Morgan fingerprint density at radius 2 is 1.58 bits per heavy atom. The molecule has 92 valence electrons. The molecule has 3 aromatic carbocycles. The second-order valence-corrected chi connectivity index (χ2v) is 6.35. The van der Waals surface area contributed by atoms with E-state index in [2.05, 4.69) is 11.1 Å².